The van der Waals surface area contributed by atoms with Crippen LogP contribution in [-0.2, 0) is 6.18 Å². The smallest absolute Gasteiger partial charge is 0.396 e. The number of likely N-dealkylation sites (tertiary alicyclic amines) is 1. The van der Waals surface area contributed by atoms with Crippen molar-refractivity contribution in [2.24, 2.45) is 0 Å². The van der Waals surface area contributed by atoms with Gasteiger partial charge in [-0.15, -0.1) is 0 Å². The van der Waals surface area contributed by atoms with Crippen LogP contribution in [0.25, 0.3) is 22.3 Å². The molecular formula is C25H28F3N9. The van der Waals surface area contributed by atoms with E-state index >= 15 is 0 Å². The van der Waals surface area contributed by atoms with Gasteiger partial charge in [0.15, 0.2) is 0 Å². The van der Waals surface area contributed by atoms with Gasteiger partial charge >= 0.3 is 6.18 Å². The van der Waals surface area contributed by atoms with Crippen molar-refractivity contribution in [1.82, 2.24) is 29.8 Å². The van der Waals surface area contributed by atoms with Gasteiger partial charge in [-0.25, -0.2) is 19.9 Å². The number of aromatic nitrogens is 5. The highest BCUT2D eigenvalue weighted by molar-refractivity contribution is 5.95. The Morgan fingerprint density at radius 3 is 2.59 bits per heavy atom. The molecule has 0 saturated carbocycles. The van der Waals surface area contributed by atoms with Crippen molar-refractivity contribution in [3.05, 3.63) is 54.1 Å². The first-order valence-electron chi connectivity index (χ1n) is 12.0. The molecule has 9 nitrogen and oxygen atoms in total. The highest BCUT2D eigenvalue weighted by atomic mass is 19.4. The van der Waals surface area contributed by atoms with Gasteiger partial charge < -0.3 is 26.3 Å². The van der Waals surface area contributed by atoms with Crippen molar-refractivity contribution in [3.8, 4) is 11.3 Å². The molecule has 0 spiro atoms. The molecule has 0 bridgehead atoms. The second kappa shape index (κ2) is 9.85. The van der Waals surface area contributed by atoms with E-state index in [4.69, 9.17) is 5.73 Å². The van der Waals surface area contributed by atoms with Gasteiger partial charge in [0.25, 0.3) is 0 Å². The predicted molar refractivity (Wildman–Crippen MR) is 137 cm³/mol. The zero-order valence-corrected chi connectivity index (χ0v) is 20.5. The van der Waals surface area contributed by atoms with Crippen LogP contribution in [0.2, 0.25) is 0 Å². The average molecular weight is 512 g/mol. The molecule has 0 aromatic carbocycles. The van der Waals surface area contributed by atoms with Gasteiger partial charge in [-0.2, -0.15) is 13.2 Å². The molecule has 4 aromatic heterocycles. The number of piperidine rings is 1. The van der Waals surface area contributed by atoms with E-state index in [0.717, 1.165) is 49.6 Å². The number of pyridine rings is 2. The molecule has 5 N–H and O–H groups in total. The fourth-order valence-corrected chi connectivity index (χ4v) is 4.42. The van der Waals surface area contributed by atoms with Crippen LogP contribution < -0.4 is 16.4 Å². The number of anilines is 3. The van der Waals surface area contributed by atoms with Crippen molar-refractivity contribution in [3.63, 3.8) is 0 Å². The molecule has 0 aliphatic carbocycles. The molecule has 1 fully saturated rings. The topological polar surface area (TPSA) is 121 Å². The Bertz CT molecular complexity index is 1380. The number of aromatic amines is 1. The minimum atomic E-state index is -4.51. The molecule has 0 unspecified atom stereocenters. The van der Waals surface area contributed by atoms with Crippen molar-refractivity contribution in [2.75, 3.05) is 36.5 Å². The fraction of sp³-hybridized carbons (Fsp3) is 0.360. The number of nitrogens with one attached hydrogen (secondary N) is 3. The Labute approximate surface area is 211 Å². The van der Waals surface area contributed by atoms with Gasteiger partial charge in [-0.05, 0) is 57.6 Å². The summed E-state index contributed by atoms with van der Waals surface area (Å²) in [5.74, 6) is 1.13. The monoisotopic (exact) mass is 511 g/mol. The first-order chi connectivity index (χ1) is 17.7. The minimum Gasteiger partial charge on any atom is -0.396 e. The van der Waals surface area contributed by atoms with Gasteiger partial charge in [0, 0.05) is 35.6 Å². The van der Waals surface area contributed by atoms with E-state index < -0.39 is 11.7 Å². The highest BCUT2D eigenvalue weighted by Crippen LogP contribution is 2.35. The van der Waals surface area contributed by atoms with Gasteiger partial charge in [0.1, 0.15) is 17.2 Å². The Kier molecular flexibility index (Phi) is 6.59. The molecule has 0 amide bonds. The predicted octanol–water partition coefficient (Wildman–Crippen LogP) is 4.70. The fourth-order valence-electron chi connectivity index (χ4n) is 4.42. The Balaban J connectivity index is 1.32. The number of nitrogens with two attached hydrogens (primary N) is 1. The SMILES string of the molecule is C[C@@H](Nc1ncc(N)c(-c2c[nH]c3ncc(C(F)(F)F)cc23)n1)c1ccc(NC2CCN(C)CC2)nc1. The van der Waals surface area contributed by atoms with Crippen LogP contribution in [0.3, 0.4) is 0 Å². The Morgan fingerprint density at radius 1 is 1.11 bits per heavy atom. The lowest BCUT2D eigenvalue weighted by Crippen LogP contribution is -2.36. The first-order valence-corrected chi connectivity index (χ1v) is 12.0. The number of nitrogens with zero attached hydrogens (tertiary/aromatic N) is 5. The van der Waals surface area contributed by atoms with Crippen molar-refractivity contribution in [2.45, 2.75) is 38.0 Å². The lowest BCUT2D eigenvalue weighted by atomic mass is 10.1. The summed E-state index contributed by atoms with van der Waals surface area (Å²) in [4.78, 5) is 22.4. The number of alkyl halides is 3. The average Bonchev–Trinajstić information content (AvgIpc) is 3.30. The summed E-state index contributed by atoms with van der Waals surface area (Å²) in [6.45, 7) is 4.09. The number of H-pyrrole nitrogens is 1. The third-order valence-corrected chi connectivity index (χ3v) is 6.63. The van der Waals surface area contributed by atoms with Crippen LogP contribution in [0.15, 0.2) is 43.0 Å². The summed E-state index contributed by atoms with van der Waals surface area (Å²) in [6, 6.07) is 5.22. The summed E-state index contributed by atoms with van der Waals surface area (Å²) in [6.07, 6.45) is 3.23. The van der Waals surface area contributed by atoms with E-state index in [9.17, 15) is 13.2 Å². The summed E-state index contributed by atoms with van der Waals surface area (Å²) < 4.78 is 39.7. The molecular weight excluding hydrogens is 483 g/mol. The van der Waals surface area contributed by atoms with Crippen LogP contribution in [-0.4, -0.2) is 56.0 Å². The second-order valence-corrected chi connectivity index (χ2v) is 9.38. The van der Waals surface area contributed by atoms with Crippen LogP contribution in [0.1, 0.15) is 36.9 Å². The van der Waals surface area contributed by atoms with Crippen LogP contribution in [0, 0.1) is 0 Å². The molecule has 12 heteroatoms. The van der Waals surface area contributed by atoms with Crippen molar-refractivity contribution in [1.29, 1.82) is 0 Å². The zero-order valence-electron chi connectivity index (χ0n) is 20.5. The number of nitrogen functional groups attached to an aromatic ring is 1. The maximum atomic E-state index is 13.2. The van der Waals surface area contributed by atoms with Crippen molar-refractivity contribution < 1.29 is 13.2 Å². The molecule has 37 heavy (non-hydrogen) atoms. The van der Waals surface area contributed by atoms with E-state index in [0.29, 0.717) is 28.9 Å². The van der Waals surface area contributed by atoms with Gasteiger partial charge in [-0.3, -0.25) is 0 Å². The van der Waals surface area contributed by atoms with E-state index in [2.05, 4.69) is 47.5 Å². The van der Waals surface area contributed by atoms with Gasteiger partial charge in [-0.1, -0.05) is 6.07 Å². The molecule has 1 atom stereocenters. The maximum absolute atomic E-state index is 13.2. The molecule has 5 heterocycles. The Hall–Kier alpha value is -3.93. The standard InChI is InChI=1S/C25H28F3N9/c1-14(15-3-4-21(30-10-15)35-17-5-7-37(2)8-6-17)34-24-33-13-20(29)22(36-24)19-12-32-23-18(19)9-16(11-31-23)25(26,27)28/h3-4,9-14,17H,5-8,29H2,1-2H3,(H,30,35)(H,31,32)(H,33,34,36)/t14-/m1/s1. The largest absolute Gasteiger partial charge is 0.417 e. The number of hydrogen-bond donors (Lipinski definition) is 4. The minimum absolute atomic E-state index is 0.178. The third kappa shape index (κ3) is 5.43. The van der Waals surface area contributed by atoms with Crippen LogP contribution in [0.5, 0.6) is 0 Å². The second-order valence-electron chi connectivity index (χ2n) is 9.38. The van der Waals surface area contributed by atoms with E-state index in [1.807, 2.05) is 19.1 Å². The van der Waals surface area contributed by atoms with E-state index in [1.54, 1.807) is 12.4 Å². The number of rotatable bonds is 6. The molecule has 4 aromatic rings. The number of halogens is 3. The molecule has 0 radical (unpaired) electrons. The molecule has 1 aliphatic rings. The quantitative estimate of drug-likeness (QED) is 0.294. The van der Waals surface area contributed by atoms with Gasteiger partial charge in [0.05, 0.1) is 23.5 Å². The summed E-state index contributed by atoms with van der Waals surface area (Å²) >= 11 is 0. The van der Waals surface area contributed by atoms with Gasteiger partial charge in [0.2, 0.25) is 5.95 Å². The number of hydrogen-bond acceptors (Lipinski definition) is 8. The first kappa shape index (κ1) is 24.8. The molecule has 1 aliphatic heterocycles. The van der Waals surface area contributed by atoms with Crippen molar-refractivity contribution >= 4 is 28.5 Å². The van der Waals surface area contributed by atoms with Crippen LogP contribution >= 0.6 is 0 Å². The van der Waals surface area contributed by atoms with Crippen LogP contribution in [0.4, 0.5) is 30.6 Å². The van der Waals surface area contributed by atoms with E-state index in [-0.39, 0.29) is 17.1 Å². The summed E-state index contributed by atoms with van der Waals surface area (Å²) in [7, 11) is 2.13. The number of fused-ring (bicyclic) bond motifs is 1. The molecule has 5 rings (SSSR count). The molecule has 194 valence electrons. The maximum Gasteiger partial charge on any atom is 0.417 e. The highest BCUT2D eigenvalue weighted by Gasteiger charge is 2.31. The lowest BCUT2D eigenvalue weighted by Gasteiger charge is -2.29. The molecule has 1 saturated heterocycles. The normalized spacial score (nSPS) is 16.1. The lowest BCUT2D eigenvalue weighted by molar-refractivity contribution is -0.137. The zero-order chi connectivity index (χ0) is 26.2. The third-order valence-electron chi connectivity index (χ3n) is 6.63. The Morgan fingerprint density at radius 2 is 1.89 bits per heavy atom. The summed E-state index contributed by atoms with van der Waals surface area (Å²) in [5.41, 5.74) is 7.47. The summed E-state index contributed by atoms with van der Waals surface area (Å²) in [5, 5.41) is 7.00. The van der Waals surface area contributed by atoms with E-state index in [1.165, 1.54) is 6.20 Å².